The number of thiazole rings is 1. The van der Waals surface area contributed by atoms with Gasteiger partial charge in [0.1, 0.15) is 6.54 Å². The van der Waals surface area contributed by atoms with Crippen molar-refractivity contribution in [2.24, 2.45) is 4.99 Å². The van der Waals surface area contributed by atoms with E-state index in [1.807, 2.05) is 24.3 Å². The van der Waals surface area contributed by atoms with E-state index in [9.17, 15) is 18.0 Å². The molecule has 3 aromatic rings. The third-order valence-corrected chi connectivity index (χ3v) is 6.98. The molecular weight excluding hydrogens is 400 g/mol. The summed E-state index contributed by atoms with van der Waals surface area (Å²) in [6.45, 7) is 1.41. The maximum atomic E-state index is 12.8. The number of ether oxygens (including phenoxy) is 1. The fourth-order valence-electron chi connectivity index (χ4n) is 2.67. The van der Waals surface area contributed by atoms with Crippen LogP contribution < -0.4 is 4.80 Å². The number of sulfone groups is 1. The Morgan fingerprint density at radius 1 is 1.11 bits per heavy atom. The molecule has 0 spiro atoms. The molecule has 0 radical (unpaired) electrons. The van der Waals surface area contributed by atoms with Gasteiger partial charge >= 0.3 is 5.97 Å². The van der Waals surface area contributed by atoms with E-state index in [0.29, 0.717) is 4.80 Å². The molecule has 0 N–H and O–H groups in total. The summed E-state index contributed by atoms with van der Waals surface area (Å²) in [6, 6.07) is 13.3. The fourth-order valence-corrected chi connectivity index (χ4v) is 4.78. The predicted molar refractivity (Wildman–Crippen MR) is 106 cm³/mol. The number of fused-ring (bicyclic) bond motifs is 1. The Balaban J connectivity index is 2.17. The zero-order valence-electron chi connectivity index (χ0n) is 15.3. The van der Waals surface area contributed by atoms with Crippen molar-refractivity contribution in [3.8, 4) is 0 Å². The molecule has 7 nitrogen and oxygen atoms in total. The number of carbonyl (C=O) groups excluding carboxylic acids is 2. The number of methoxy groups -OCH3 is 1. The Morgan fingerprint density at radius 3 is 2.50 bits per heavy atom. The number of para-hydroxylation sites is 1. The Labute approximate surface area is 165 Å². The monoisotopic (exact) mass is 418 g/mol. The second-order valence-corrected chi connectivity index (χ2v) is 9.09. The molecule has 0 atom stereocenters. The van der Waals surface area contributed by atoms with Crippen molar-refractivity contribution >= 4 is 43.3 Å². The zero-order valence-corrected chi connectivity index (χ0v) is 16.9. The van der Waals surface area contributed by atoms with Crippen LogP contribution in [0.4, 0.5) is 0 Å². The molecule has 0 bridgehead atoms. The van der Waals surface area contributed by atoms with E-state index in [1.54, 1.807) is 16.7 Å². The van der Waals surface area contributed by atoms with E-state index in [0.717, 1.165) is 10.2 Å². The lowest BCUT2D eigenvalue weighted by Crippen LogP contribution is -2.22. The Bertz CT molecular complexity index is 1220. The van der Waals surface area contributed by atoms with Gasteiger partial charge in [-0.2, -0.15) is 4.99 Å². The highest BCUT2D eigenvalue weighted by Crippen LogP contribution is 2.19. The molecule has 3 rings (SSSR count). The smallest absolute Gasteiger partial charge is 0.325 e. The van der Waals surface area contributed by atoms with Crippen molar-refractivity contribution in [2.75, 3.05) is 12.9 Å². The molecule has 0 saturated heterocycles. The van der Waals surface area contributed by atoms with E-state index in [-0.39, 0.29) is 22.8 Å². The number of nitrogens with zero attached hydrogens (tertiary/aromatic N) is 2. The van der Waals surface area contributed by atoms with Gasteiger partial charge in [-0.15, -0.1) is 0 Å². The van der Waals surface area contributed by atoms with Gasteiger partial charge in [-0.3, -0.25) is 9.59 Å². The molecule has 1 heterocycles. The van der Waals surface area contributed by atoms with Crippen molar-refractivity contribution in [2.45, 2.75) is 18.4 Å². The quantitative estimate of drug-likeness (QED) is 0.593. The van der Waals surface area contributed by atoms with Crippen LogP contribution in [-0.2, 0) is 25.9 Å². The van der Waals surface area contributed by atoms with Crippen LogP contribution in [0.5, 0.6) is 0 Å². The average molecular weight is 418 g/mol. The minimum atomic E-state index is -3.58. The first-order chi connectivity index (χ1) is 13.4. The van der Waals surface area contributed by atoms with E-state index >= 15 is 0 Å². The molecule has 0 unspecified atom stereocenters. The fraction of sp³-hybridized carbons (Fsp3) is 0.211. The number of rotatable bonds is 5. The van der Waals surface area contributed by atoms with Gasteiger partial charge in [-0.25, -0.2) is 8.42 Å². The van der Waals surface area contributed by atoms with Crippen molar-refractivity contribution in [1.82, 2.24) is 4.57 Å². The van der Waals surface area contributed by atoms with E-state index in [1.165, 1.54) is 37.5 Å². The number of hydrogen-bond donors (Lipinski definition) is 0. The molecule has 2 aromatic carbocycles. The summed E-state index contributed by atoms with van der Waals surface area (Å²) >= 11 is 1.24. The second-order valence-electron chi connectivity index (χ2n) is 5.83. The van der Waals surface area contributed by atoms with Crippen LogP contribution in [0.15, 0.2) is 58.4 Å². The number of benzene rings is 2. The molecule has 0 aliphatic heterocycles. The first-order valence-corrected chi connectivity index (χ1v) is 10.9. The van der Waals surface area contributed by atoms with Crippen LogP contribution in [0.1, 0.15) is 17.3 Å². The number of hydrogen-bond acceptors (Lipinski definition) is 6. The first-order valence-electron chi connectivity index (χ1n) is 8.43. The number of aromatic nitrogens is 1. The third kappa shape index (κ3) is 3.90. The summed E-state index contributed by atoms with van der Waals surface area (Å²) in [4.78, 5) is 29.0. The lowest BCUT2D eigenvalue weighted by Gasteiger charge is -2.06. The molecule has 0 aliphatic carbocycles. The summed E-state index contributed by atoms with van der Waals surface area (Å²) < 4.78 is 31.8. The minimum Gasteiger partial charge on any atom is -0.468 e. The normalized spacial score (nSPS) is 12.3. The van der Waals surface area contributed by atoms with Crippen molar-refractivity contribution in [3.05, 3.63) is 58.9 Å². The highest BCUT2D eigenvalue weighted by Gasteiger charge is 2.21. The summed E-state index contributed by atoms with van der Waals surface area (Å²) in [5.74, 6) is -1.29. The topological polar surface area (TPSA) is 94.8 Å². The summed E-state index contributed by atoms with van der Waals surface area (Å²) in [5, 5.41) is 0. The molecule has 1 amide bonds. The van der Waals surface area contributed by atoms with Crippen LogP contribution in [0.3, 0.4) is 0 Å². The van der Waals surface area contributed by atoms with Gasteiger partial charge in [0.15, 0.2) is 14.6 Å². The highest BCUT2D eigenvalue weighted by atomic mass is 32.2. The number of carbonyl (C=O) groups is 2. The van der Waals surface area contributed by atoms with E-state index in [4.69, 9.17) is 4.74 Å². The van der Waals surface area contributed by atoms with Gasteiger partial charge < -0.3 is 9.30 Å². The van der Waals surface area contributed by atoms with Gasteiger partial charge in [-0.1, -0.05) is 42.5 Å². The number of amides is 1. The molecule has 0 aliphatic rings. The van der Waals surface area contributed by atoms with Crippen LogP contribution in [0.25, 0.3) is 10.2 Å². The third-order valence-electron chi connectivity index (χ3n) is 4.13. The number of esters is 1. The summed E-state index contributed by atoms with van der Waals surface area (Å²) in [6.07, 6.45) is 0. The van der Waals surface area contributed by atoms with Gasteiger partial charge in [0, 0.05) is 0 Å². The van der Waals surface area contributed by atoms with Gasteiger partial charge in [0.05, 0.1) is 33.5 Å². The standard InChI is InChI=1S/C19H18N2O5S2/c1-3-28(24,25)16-11-7-4-8-13(16)18(23)20-19-21(12-17(22)26-2)14-9-5-6-10-15(14)27-19/h4-11H,3,12H2,1-2H3. The van der Waals surface area contributed by atoms with Crippen LogP contribution in [-0.4, -0.2) is 37.7 Å². The minimum absolute atomic E-state index is 0.00595. The Kier molecular flexibility index (Phi) is 5.76. The molecule has 0 fully saturated rings. The molecule has 0 saturated carbocycles. The predicted octanol–water partition coefficient (Wildman–Crippen LogP) is 2.41. The maximum absolute atomic E-state index is 12.8. The molecule has 28 heavy (non-hydrogen) atoms. The van der Waals surface area contributed by atoms with Gasteiger partial charge in [-0.05, 0) is 24.3 Å². The summed E-state index contributed by atoms with van der Waals surface area (Å²) in [5.41, 5.74) is 0.741. The van der Waals surface area contributed by atoms with Crippen molar-refractivity contribution in [3.63, 3.8) is 0 Å². The van der Waals surface area contributed by atoms with Crippen molar-refractivity contribution < 1.29 is 22.7 Å². The van der Waals surface area contributed by atoms with E-state index in [2.05, 4.69) is 4.99 Å². The summed E-state index contributed by atoms with van der Waals surface area (Å²) in [7, 11) is -2.30. The molecule has 1 aromatic heterocycles. The average Bonchev–Trinajstić information content (AvgIpc) is 3.04. The zero-order chi connectivity index (χ0) is 20.3. The van der Waals surface area contributed by atoms with Crippen molar-refractivity contribution in [1.29, 1.82) is 0 Å². The maximum Gasteiger partial charge on any atom is 0.325 e. The lowest BCUT2D eigenvalue weighted by molar-refractivity contribution is -0.141. The van der Waals surface area contributed by atoms with Gasteiger partial charge in [0.25, 0.3) is 5.91 Å². The van der Waals surface area contributed by atoms with Crippen LogP contribution >= 0.6 is 11.3 Å². The van der Waals surface area contributed by atoms with Gasteiger partial charge in [0.2, 0.25) is 0 Å². The van der Waals surface area contributed by atoms with E-state index < -0.39 is 21.7 Å². The molecular formula is C19H18N2O5S2. The Hall–Kier alpha value is -2.78. The second kappa shape index (κ2) is 8.07. The van der Waals surface area contributed by atoms with Crippen LogP contribution in [0, 0.1) is 0 Å². The van der Waals surface area contributed by atoms with Crippen LogP contribution in [0.2, 0.25) is 0 Å². The Morgan fingerprint density at radius 2 is 1.79 bits per heavy atom. The lowest BCUT2D eigenvalue weighted by atomic mass is 10.2. The largest absolute Gasteiger partial charge is 0.468 e. The molecule has 146 valence electrons. The molecule has 9 heteroatoms. The first kappa shape index (κ1) is 20.0. The highest BCUT2D eigenvalue weighted by molar-refractivity contribution is 7.91. The SMILES string of the molecule is CCS(=O)(=O)c1ccccc1C(=O)N=c1sc2ccccc2n1CC(=O)OC.